The van der Waals surface area contributed by atoms with E-state index in [2.05, 4.69) is 4.72 Å². The molecule has 0 atom stereocenters. The number of benzene rings is 4. The molecule has 1 aliphatic heterocycles. The topological polar surface area (TPSA) is 66.5 Å². The molecule has 4 aromatic rings. The van der Waals surface area contributed by atoms with Gasteiger partial charge in [0.15, 0.2) is 0 Å². The standard InChI is InChI=1S/C29H25ClN2O3S/c30-25-15-13-23(14-16-25)29(33)32-19-7-12-24-20-26(17-18-27(24)32)36(34,35)31-28(21-8-3-1-4-9-21)22-10-5-2-6-11-22/h1-6,8-11,13-18,20,28,31H,7,12,19H2. The van der Waals surface area contributed by atoms with E-state index in [9.17, 15) is 13.2 Å². The number of rotatable bonds is 6. The monoisotopic (exact) mass is 516 g/mol. The highest BCUT2D eigenvalue weighted by Crippen LogP contribution is 2.32. The molecule has 0 radical (unpaired) electrons. The summed E-state index contributed by atoms with van der Waals surface area (Å²) in [6.07, 6.45) is 1.45. The Morgan fingerprint density at radius 2 is 1.44 bits per heavy atom. The molecule has 0 aromatic heterocycles. The smallest absolute Gasteiger partial charge is 0.258 e. The van der Waals surface area contributed by atoms with Crippen LogP contribution in [0.3, 0.4) is 0 Å². The number of hydrogen-bond donors (Lipinski definition) is 1. The average Bonchev–Trinajstić information content (AvgIpc) is 2.92. The number of carbonyl (C=O) groups is 1. The van der Waals surface area contributed by atoms with Gasteiger partial charge in [-0.1, -0.05) is 72.3 Å². The van der Waals surface area contributed by atoms with Crippen LogP contribution in [0.1, 0.15) is 39.5 Å². The SMILES string of the molecule is O=C(c1ccc(Cl)cc1)N1CCCc2cc(S(=O)(=O)NC(c3ccccc3)c3ccccc3)ccc21. The van der Waals surface area contributed by atoms with Crippen molar-refractivity contribution in [1.29, 1.82) is 0 Å². The minimum absolute atomic E-state index is 0.130. The highest BCUT2D eigenvalue weighted by Gasteiger charge is 2.27. The summed E-state index contributed by atoms with van der Waals surface area (Å²) >= 11 is 5.97. The fraction of sp³-hybridized carbons (Fsp3) is 0.138. The lowest BCUT2D eigenvalue weighted by Crippen LogP contribution is -2.35. The van der Waals surface area contributed by atoms with Crippen LogP contribution in [-0.2, 0) is 16.4 Å². The van der Waals surface area contributed by atoms with Crippen LogP contribution in [0, 0.1) is 0 Å². The van der Waals surface area contributed by atoms with Gasteiger partial charge in [0.25, 0.3) is 5.91 Å². The Hall–Kier alpha value is -3.45. The molecule has 0 saturated heterocycles. The van der Waals surface area contributed by atoms with E-state index < -0.39 is 16.1 Å². The summed E-state index contributed by atoms with van der Waals surface area (Å²) in [5.74, 6) is -0.130. The van der Waals surface area contributed by atoms with Gasteiger partial charge in [0.1, 0.15) is 0 Å². The molecule has 0 spiro atoms. The van der Waals surface area contributed by atoms with Gasteiger partial charge in [0.05, 0.1) is 10.9 Å². The van der Waals surface area contributed by atoms with Crippen molar-refractivity contribution < 1.29 is 13.2 Å². The maximum atomic E-state index is 13.5. The van der Waals surface area contributed by atoms with E-state index in [4.69, 9.17) is 11.6 Å². The number of fused-ring (bicyclic) bond motifs is 1. The molecule has 0 fully saturated rings. The van der Waals surface area contributed by atoms with Gasteiger partial charge in [-0.15, -0.1) is 0 Å². The largest absolute Gasteiger partial charge is 0.308 e. The number of anilines is 1. The van der Waals surface area contributed by atoms with Crippen molar-refractivity contribution in [3.8, 4) is 0 Å². The molecule has 1 heterocycles. The molecule has 36 heavy (non-hydrogen) atoms. The van der Waals surface area contributed by atoms with Crippen molar-refractivity contribution in [2.75, 3.05) is 11.4 Å². The summed E-state index contributed by atoms with van der Waals surface area (Å²) in [6.45, 7) is 0.572. The van der Waals surface area contributed by atoms with Crippen LogP contribution in [-0.4, -0.2) is 20.9 Å². The number of sulfonamides is 1. The Labute approximate surface area is 216 Å². The van der Waals surface area contributed by atoms with E-state index in [1.54, 1.807) is 47.4 Å². The third-order valence-corrected chi connectivity index (χ3v) is 8.03. The summed E-state index contributed by atoms with van der Waals surface area (Å²) in [5.41, 5.74) is 3.82. The highest BCUT2D eigenvalue weighted by molar-refractivity contribution is 7.89. The lowest BCUT2D eigenvalue weighted by molar-refractivity contribution is 0.0985. The van der Waals surface area contributed by atoms with Crippen LogP contribution in [0.25, 0.3) is 0 Å². The molecule has 0 unspecified atom stereocenters. The van der Waals surface area contributed by atoms with E-state index >= 15 is 0 Å². The first-order chi connectivity index (χ1) is 17.4. The number of aryl methyl sites for hydroxylation is 1. The fourth-order valence-electron chi connectivity index (χ4n) is 4.54. The first-order valence-electron chi connectivity index (χ1n) is 11.7. The first kappa shape index (κ1) is 24.3. The van der Waals surface area contributed by atoms with Gasteiger partial charge in [-0.05, 0) is 72.0 Å². The van der Waals surface area contributed by atoms with Crippen molar-refractivity contribution in [3.63, 3.8) is 0 Å². The molecule has 4 aromatic carbocycles. The molecule has 1 amide bonds. The van der Waals surface area contributed by atoms with Gasteiger partial charge in [-0.25, -0.2) is 8.42 Å². The Morgan fingerprint density at radius 3 is 2.06 bits per heavy atom. The predicted molar refractivity (Wildman–Crippen MR) is 143 cm³/mol. The molecular weight excluding hydrogens is 492 g/mol. The van der Waals surface area contributed by atoms with Gasteiger partial charge >= 0.3 is 0 Å². The first-order valence-corrected chi connectivity index (χ1v) is 13.6. The zero-order chi connectivity index (χ0) is 25.1. The molecule has 182 valence electrons. The van der Waals surface area contributed by atoms with Gasteiger partial charge in [-0.3, -0.25) is 4.79 Å². The van der Waals surface area contributed by atoms with Crippen LogP contribution in [0.4, 0.5) is 5.69 Å². The lowest BCUT2D eigenvalue weighted by atomic mass is 10.00. The summed E-state index contributed by atoms with van der Waals surface area (Å²) in [5, 5.41) is 0.567. The quantitative estimate of drug-likeness (QED) is 0.342. The van der Waals surface area contributed by atoms with Crippen LogP contribution in [0.15, 0.2) is 108 Å². The Bertz CT molecular complexity index is 1430. The fourth-order valence-corrected chi connectivity index (χ4v) is 5.93. The molecule has 1 N–H and O–H groups in total. The van der Waals surface area contributed by atoms with E-state index in [0.717, 1.165) is 28.8 Å². The van der Waals surface area contributed by atoms with Gasteiger partial charge < -0.3 is 4.90 Å². The van der Waals surface area contributed by atoms with Crippen LogP contribution >= 0.6 is 11.6 Å². The second kappa shape index (κ2) is 10.3. The van der Waals surface area contributed by atoms with E-state index in [0.29, 0.717) is 23.6 Å². The summed E-state index contributed by atoms with van der Waals surface area (Å²) in [6, 6.07) is 30.3. The molecule has 0 bridgehead atoms. The summed E-state index contributed by atoms with van der Waals surface area (Å²) in [7, 11) is -3.85. The number of nitrogens with zero attached hydrogens (tertiary/aromatic N) is 1. The van der Waals surface area contributed by atoms with Crippen molar-refractivity contribution in [2.24, 2.45) is 0 Å². The second-order valence-corrected chi connectivity index (χ2v) is 10.9. The molecule has 0 saturated carbocycles. The molecule has 5 nitrogen and oxygen atoms in total. The van der Waals surface area contributed by atoms with E-state index in [-0.39, 0.29) is 10.8 Å². The summed E-state index contributed by atoms with van der Waals surface area (Å²) in [4.78, 5) is 15.1. The third kappa shape index (κ3) is 5.07. The minimum Gasteiger partial charge on any atom is -0.308 e. The van der Waals surface area contributed by atoms with Crippen LogP contribution in [0.2, 0.25) is 5.02 Å². The molecule has 0 aliphatic carbocycles. The van der Waals surface area contributed by atoms with Crippen molar-refractivity contribution >= 4 is 33.2 Å². The maximum Gasteiger partial charge on any atom is 0.258 e. The van der Waals surface area contributed by atoms with Crippen molar-refractivity contribution in [2.45, 2.75) is 23.8 Å². The number of amides is 1. The highest BCUT2D eigenvalue weighted by atomic mass is 35.5. The average molecular weight is 517 g/mol. The number of halogens is 1. The molecular formula is C29H25ClN2O3S. The Kier molecular flexibility index (Phi) is 6.92. The third-order valence-electron chi connectivity index (χ3n) is 6.36. The van der Waals surface area contributed by atoms with Gasteiger partial charge in [0.2, 0.25) is 10.0 Å². The second-order valence-electron chi connectivity index (χ2n) is 8.73. The van der Waals surface area contributed by atoms with Crippen molar-refractivity contribution in [1.82, 2.24) is 4.72 Å². The normalized spacial score (nSPS) is 13.4. The van der Waals surface area contributed by atoms with Gasteiger partial charge in [-0.2, -0.15) is 4.72 Å². The zero-order valence-corrected chi connectivity index (χ0v) is 21.0. The number of nitrogens with one attached hydrogen (secondary N) is 1. The minimum atomic E-state index is -3.85. The number of hydrogen-bond acceptors (Lipinski definition) is 3. The van der Waals surface area contributed by atoms with Crippen LogP contribution < -0.4 is 9.62 Å². The molecule has 1 aliphatic rings. The van der Waals surface area contributed by atoms with E-state index in [1.807, 2.05) is 60.7 Å². The summed E-state index contributed by atoms with van der Waals surface area (Å²) < 4.78 is 30.0. The number of carbonyl (C=O) groups excluding carboxylic acids is 1. The Morgan fingerprint density at radius 1 is 0.833 bits per heavy atom. The molecule has 7 heteroatoms. The predicted octanol–water partition coefficient (Wildman–Crippen LogP) is 6.00. The van der Waals surface area contributed by atoms with Crippen LogP contribution in [0.5, 0.6) is 0 Å². The zero-order valence-electron chi connectivity index (χ0n) is 19.5. The van der Waals surface area contributed by atoms with E-state index in [1.165, 1.54) is 0 Å². The lowest BCUT2D eigenvalue weighted by Gasteiger charge is -2.30. The van der Waals surface area contributed by atoms with Crippen molar-refractivity contribution in [3.05, 3.63) is 130 Å². The van der Waals surface area contributed by atoms with Gasteiger partial charge in [0, 0.05) is 22.8 Å². The Balaban J connectivity index is 1.45. The molecule has 5 rings (SSSR count). The maximum absolute atomic E-state index is 13.5.